The Morgan fingerprint density at radius 2 is 1.69 bits per heavy atom. The van der Waals surface area contributed by atoms with Crippen LogP contribution in [0.25, 0.3) is 0 Å². The predicted octanol–water partition coefficient (Wildman–Crippen LogP) is 3.42. The van der Waals surface area contributed by atoms with Crippen molar-refractivity contribution in [3.05, 3.63) is 66.6 Å². The number of fused-ring (bicyclic) bond motifs is 1. The van der Waals surface area contributed by atoms with Gasteiger partial charge in [0.15, 0.2) is 11.5 Å². The normalized spacial score (nSPS) is 12.8. The molecule has 1 aliphatic rings. The number of ether oxygens (including phenoxy) is 2. The van der Waals surface area contributed by atoms with Crippen LogP contribution in [0.2, 0.25) is 0 Å². The Morgan fingerprint density at radius 1 is 0.923 bits per heavy atom. The van der Waals surface area contributed by atoms with Crippen LogP contribution in [0.1, 0.15) is 5.76 Å². The molecule has 7 nitrogen and oxygen atoms in total. The van der Waals surface area contributed by atoms with Gasteiger partial charge in [0.2, 0.25) is 6.79 Å². The lowest BCUT2D eigenvalue weighted by Crippen LogP contribution is -2.12. The van der Waals surface area contributed by atoms with Crippen molar-refractivity contribution in [1.82, 2.24) is 0 Å². The highest BCUT2D eigenvalue weighted by Gasteiger charge is 2.20. The molecule has 0 unspecified atom stereocenters. The lowest BCUT2D eigenvalue weighted by molar-refractivity contribution is 0.174. The fraction of sp³-hybridized carbons (Fsp3) is 0.111. The minimum atomic E-state index is -3.72. The Kier molecular flexibility index (Phi) is 4.18. The largest absolute Gasteiger partial charge is 0.467 e. The quantitative estimate of drug-likeness (QED) is 0.689. The van der Waals surface area contributed by atoms with E-state index in [0.717, 1.165) is 11.4 Å². The van der Waals surface area contributed by atoms with E-state index in [0.29, 0.717) is 23.7 Å². The lowest BCUT2D eigenvalue weighted by Gasteiger charge is -2.10. The number of nitrogens with one attached hydrogen (secondary N) is 2. The SMILES string of the molecule is O=S(=O)(Nc1ccc(NCc2ccco2)cc1)c1ccc2c(c1)OCO2. The van der Waals surface area contributed by atoms with Gasteiger partial charge in [0.05, 0.1) is 17.7 Å². The molecule has 1 aliphatic heterocycles. The van der Waals surface area contributed by atoms with E-state index in [1.165, 1.54) is 12.1 Å². The fourth-order valence-electron chi connectivity index (χ4n) is 2.52. The van der Waals surface area contributed by atoms with E-state index in [4.69, 9.17) is 13.9 Å². The molecule has 0 saturated carbocycles. The summed E-state index contributed by atoms with van der Waals surface area (Å²) in [5, 5.41) is 3.20. The number of benzene rings is 2. The van der Waals surface area contributed by atoms with Crippen LogP contribution in [0.15, 0.2) is 70.2 Å². The van der Waals surface area contributed by atoms with Crippen LogP contribution >= 0.6 is 0 Å². The van der Waals surface area contributed by atoms with E-state index in [2.05, 4.69) is 10.0 Å². The predicted molar refractivity (Wildman–Crippen MR) is 95.9 cm³/mol. The highest BCUT2D eigenvalue weighted by Crippen LogP contribution is 2.34. The number of sulfonamides is 1. The second kappa shape index (κ2) is 6.64. The van der Waals surface area contributed by atoms with Crippen LogP contribution in [-0.2, 0) is 16.6 Å². The average molecular weight is 372 g/mol. The monoisotopic (exact) mass is 372 g/mol. The van der Waals surface area contributed by atoms with Crippen LogP contribution in [0, 0.1) is 0 Å². The van der Waals surface area contributed by atoms with Gasteiger partial charge in [0.1, 0.15) is 5.76 Å². The van der Waals surface area contributed by atoms with Gasteiger partial charge in [-0.2, -0.15) is 0 Å². The van der Waals surface area contributed by atoms with E-state index < -0.39 is 10.0 Å². The van der Waals surface area contributed by atoms with Crippen LogP contribution in [0.3, 0.4) is 0 Å². The van der Waals surface area contributed by atoms with Gasteiger partial charge in [0, 0.05) is 17.4 Å². The molecule has 0 radical (unpaired) electrons. The lowest BCUT2D eigenvalue weighted by atomic mass is 10.3. The molecule has 0 fully saturated rings. The first-order valence-electron chi connectivity index (χ1n) is 7.89. The summed E-state index contributed by atoms with van der Waals surface area (Å²) in [6, 6.07) is 15.2. The van der Waals surface area contributed by atoms with Crippen molar-refractivity contribution in [3.8, 4) is 11.5 Å². The molecule has 0 atom stereocenters. The second-order valence-electron chi connectivity index (χ2n) is 5.63. The molecular weight excluding hydrogens is 356 g/mol. The Labute approximate surface area is 150 Å². The molecule has 3 aromatic rings. The molecular formula is C18H16N2O5S. The third kappa shape index (κ3) is 3.45. The Balaban J connectivity index is 1.44. The van der Waals surface area contributed by atoms with Crippen LogP contribution in [0.5, 0.6) is 11.5 Å². The first-order valence-corrected chi connectivity index (χ1v) is 9.37. The Hall–Kier alpha value is -3.13. The van der Waals surface area contributed by atoms with Crippen molar-refractivity contribution >= 4 is 21.4 Å². The zero-order valence-corrected chi connectivity index (χ0v) is 14.5. The number of furan rings is 1. The van der Waals surface area contributed by atoms with Gasteiger partial charge in [-0.05, 0) is 48.5 Å². The van der Waals surface area contributed by atoms with Gasteiger partial charge in [0.25, 0.3) is 10.0 Å². The maximum absolute atomic E-state index is 12.5. The molecule has 8 heteroatoms. The van der Waals surface area contributed by atoms with Crippen molar-refractivity contribution in [2.45, 2.75) is 11.4 Å². The third-order valence-electron chi connectivity index (χ3n) is 3.84. The summed E-state index contributed by atoms with van der Waals surface area (Å²) in [6.45, 7) is 0.647. The summed E-state index contributed by atoms with van der Waals surface area (Å²) in [5.74, 6) is 1.78. The number of anilines is 2. The molecule has 0 bridgehead atoms. The highest BCUT2D eigenvalue weighted by molar-refractivity contribution is 7.92. The van der Waals surface area contributed by atoms with Gasteiger partial charge >= 0.3 is 0 Å². The molecule has 0 saturated heterocycles. The van der Waals surface area contributed by atoms with Crippen LogP contribution in [0.4, 0.5) is 11.4 Å². The maximum Gasteiger partial charge on any atom is 0.262 e. The van der Waals surface area contributed by atoms with Gasteiger partial charge < -0.3 is 19.2 Å². The average Bonchev–Trinajstić information content (AvgIpc) is 3.32. The molecule has 0 spiro atoms. The summed E-state index contributed by atoms with van der Waals surface area (Å²) in [5.41, 5.74) is 1.32. The minimum absolute atomic E-state index is 0.0960. The minimum Gasteiger partial charge on any atom is -0.467 e. The summed E-state index contributed by atoms with van der Waals surface area (Å²) >= 11 is 0. The van der Waals surface area contributed by atoms with Gasteiger partial charge in [-0.1, -0.05) is 0 Å². The highest BCUT2D eigenvalue weighted by atomic mass is 32.2. The van der Waals surface area contributed by atoms with Gasteiger partial charge in [-0.3, -0.25) is 4.72 Å². The first-order chi connectivity index (χ1) is 12.6. The van der Waals surface area contributed by atoms with Crippen molar-refractivity contribution in [1.29, 1.82) is 0 Å². The summed E-state index contributed by atoms with van der Waals surface area (Å²) in [6.07, 6.45) is 1.62. The number of hydrogen-bond acceptors (Lipinski definition) is 6. The number of hydrogen-bond donors (Lipinski definition) is 2. The van der Waals surface area contributed by atoms with Crippen molar-refractivity contribution in [3.63, 3.8) is 0 Å². The van der Waals surface area contributed by atoms with E-state index in [1.54, 1.807) is 36.6 Å². The molecule has 1 aromatic heterocycles. The van der Waals surface area contributed by atoms with E-state index in [1.807, 2.05) is 12.1 Å². The van der Waals surface area contributed by atoms with Crippen LogP contribution < -0.4 is 19.5 Å². The zero-order chi connectivity index (χ0) is 18.0. The summed E-state index contributed by atoms with van der Waals surface area (Å²) in [7, 11) is -3.72. The van der Waals surface area contributed by atoms with Crippen molar-refractivity contribution in [2.75, 3.05) is 16.8 Å². The molecule has 2 aromatic carbocycles. The summed E-state index contributed by atoms with van der Waals surface area (Å²) in [4.78, 5) is 0.113. The molecule has 134 valence electrons. The van der Waals surface area contributed by atoms with Crippen molar-refractivity contribution < 1.29 is 22.3 Å². The number of rotatable bonds is 6. The Morgan fingerprint density at radius 3 is 2.46 bits per heavy atom. The Bertz CT molecular complexity index is 999. The molecule has 4 rings (SSSR count). The first kappa shape index (κ1) is 16.3. The zero-order valence-electron chi connectivity index (χ0n) is 13.6. The summed E-state index contributed by atoms with van der Waals surface area (Å²) < 4.78 is 43.3. The third-order valence-corrected chi connectivity index (χ3v) is 5.22. The molecule has 2 heterocycles. The van der Waals surface area contributed by atoms with Crippen molar-refractivity contribution in [2.24, 2.45) is 0 Å². The van der Waals surface area contributed by atoms with Gasteiger partial charge in [-0.15, -0.1) is 0 Å². The molecule has 0 aliphatic carbocycles. The van der Waals surface area contributed by atoms with E-state index >= 15 is 0 Å². The van der Waals surface area contributed by atoms with Gasteiger partial charge in [-0.25, -0.2) is 8.42 Å². The maximum atomic E-state index is 12.5. The topological polar surface area (TPSA) is 89.8 Å². The molecule has 0 amide bonds. The van der Waals surface area contributed by atoms with E-state index in [-0.39, 0.29) is 11.7 Å². The van der Waals surface area contributed by atoms with Crippen LogP contribution in [-0.4, -0.2) is 15.2 Å². The molecule has 26 heavy (non-hydrogen) atoms. The fourth-order valence-corrected chi connectivity index (χ4v) is 3.59. The second-order valence-corrected chi connectivity index (χ2v) is 7.31. The smallest absolute Gasteiger partial charge is 0.262 e. The molecule has 2 N–H and O–H groups in total. The standard InChI is InChI=1S/C18H16N2O5S/c21-26(22,16-7-8-17-18(10-16)25-12-24-17)20-14-5-3-13(4-6-14)19-11-15-2-1-9-23-15/h1-10,19-20H,11-12H2. The van der Waals surface area contributed by atoms with E-state index in [9.17, 15) is 8.42 Å².